The maximum atomic E-state index is 13.1. The molecule has 0 aromatic heterocycles. The van der Waals surface area contributed by atoms with Gasteiger partial charge in [0.2, 0.25) is 0 Å². The van der Waals surface area contributed by atoms with Crippen molar-refractivity contribution in [2.45, 2.75) is 13.8 Å². The molecule has 0 atom stereocenters. The minimum Gasteiger partial charge on any atom is -0.493 e. The van der Waals surface area contributed by atoms with E-state index in [9.17, 15) is 9.59 Å². The quantitative estimate of drug-likeness (QED) is 0.327. The highest BCUT2D eigenvalue weighted by Crippen LogP contribution is 2.38. The molecule has 35 heavy (non-hydrogen) atoms. The highest BCUT2D eigenvalue weighted by atomic mass is 32.2. The van der Waals surface area contributed by atoms with Gasteiger partial charge in [0, 0.05) is 5.69 Å². The fourth-order valence-corrected chi connectivity index (χ4v) is 4.86. The van der Waals surface area contributed by atoms with Crippen LogP contribution in [-0.4, -0.2) is 29.9 Å². The molecule has 0 bridgehead atoms. The van der Waals surface area contributed by atoms with Gasteiger partial charge in [-0.2, -0.15) is 0 Å². The van der Waals surface area contributed by atoms with Gasteiger partial charge in [0.1, 0.15) is 0 Å². The summed E-state index contributed by atoms with van der Waals surface area (Å²) in [6, 6.07) is 20.5. The predicted octanol–water partition coefficient (Wildman–Crippen LogP) is 5.74. The predicted molar refractivity (Wildman–Crippen MR) is 145 cm³/mol. The number of hydrogen-bond donors (Lipinski definition) is 1. The molecule has 1 aliphatic heterocycles. The summed E-state index contributed by atoms with van der Waals surface area (Å²) in [7, 11) is 1.52. The number of nitrogens with one attached hydrogen (secondary N) is 1. The molecular formula is C27H24N2O4S2. The molecule has 1 heterocycles. The minimum atomic E-state index is -0.273. The topological polar surface area (TPSA) is 67.9 Å². The molecule has 3 aromatic carbocycles. The summed E-state index contributed by atoms with van der Waals surface area (Å²) in [5.74, 6) is 0.445. The van der Waals surface area contributed by atoms with Crippen molar-refractivity contribution in [1.29, 1.82) is 0 Å². The van der Waals surface area contributed by atoms with E-state index < -0.39 is 0 Å². The lowest BCUT2D eigenvalue weighted by Crippen LogP contribution is -2.28. The number of carbonyl (C=O) groups is 2. The second kappa shape index (κ2) is 10.8. The first-order valence-electron chi connectivity index (χ1n) is 10.9. The zero-order chi connectivity index (χ0) is 24.9. The lowest BCUT2D eigenvalue weighted by molar-refractivity contribution is -0.118. The van der Waals surface area contributed by atoms with Crippen molar-refractivity contribution in [3.8, 4) is 11.5 Å². The van der Waals surface area contributed by atoms with Crippen molar-refractivity contribution in [2.24, 2.45) is 0 Å². The van der Waals surface area contributed by atoms with Crippen LogP contribution < -0.4 is 19.7 Å². The first-order valence-corrected chi connectivity index (χ1v) is 12.1. The molecule has 0 unspecified atom stereocenters. The molecule has 0 saturated carbocycles. The number of nitrogens with zero attached hydrogens (tertiary/aromatic N) is 1. The number of aryl methyl sites for hydroxylation is 2. The van der Waals surface area contributed by atoms with Crippen molar-refractivity contribution < 1.29 is 19.1 Å². The Morgan fingerprint density at radius 3 is 2.46 bits per heavy atom. The average Bonchev–Trinajstić information content (AvgIpc) is 3.12. The Kier molecular flexibility index (Phi) is 7.53. The summed E-state index contributed by atoms with van der Waals surface area (Å²) < 4.78 is 11.6. The van der Waals surface area contributed by atoms with Gasteiger partial charge in [-0.3, -0.25) is 14.5 Å². The maximum absolute atomic E-state index is 13.1. The Hall–Kier alpha value is -3.62. The molecule has 1 N–H and O–H groups in total. The summed E-state index contributed by atoms with van der Waals surface area (Å²) in [6.07, 6.45) is 1.77. The van der Waals surface area contributed by atoms with Crippen molar-refractivity contribution >= 4 is 57.6 Å². The Bertz CT molecular complexity index is 1340. The van der Waals surface area contributed by atoms with Crippen LogP contribution in [0.15, 0.2) is 71.6 Å². The number of methoxy groups -OCH3 is 1. The molecule has 4 rings (SSSR count). The van der Waals surface area contributed by atoms with E-state index in [2.05, 4.69) is 5.32 Å². The van der Waals surface area contributed by atoms with Gasteiger partial charge < -0.3 is 14.8 Å². The zero-order valence-corrected chi connectivity index (χ0v) is 21.2. The zero-order valence-electron chi connectivity index (χ0n) is 19.5. The fourth-order valence-electron chi connectivity index (χ4n) is 3.58. The molecule has 3 aromatic rings. The van der Waals surface area contributed by atoms with Gasteiger partial charge in [0.25, 0.3) is 11.8 Å². The number of carbonyl (C=O) groups excluding carboxylic acids is 2. The second-order valence-corrected chi connectivity index (χ2v) is 9.54. The molecular weight excluding hydrogens is 480 g/mol. The van der Waals surface area contributed by atoms with E-state index in [4.69, 9.17) is 21.7 Å². The Labute approximate surface area is 213 Å². The minimum absolute atomic E-state index is 0.165. The van der Waals surface area contributed by atoms with E-state index >= 15 is 0 Å². The van der Waals surface area contributed by atoms with E-state index in [1.165, 1.54) is 18.9 Å². The molecule has 0 aliphatic carbocycles. The molecule has 1 fully saturated rings. The number of thioether (sulfide) groups is 1. The largest absolute Gasteiger partial charge is 0.493 e. The van der Waals surface area contributed by atoms with E-state index in [1.54, 1.807) is 29.2 Å². The van der Waals surface area contributed by atoms with E-state index in [1.807, 2.05) is 62.4 Å². The monoisotopic (exact) mass is 504 g/mol. The standard InChI is InChI=1S/C27H24N2O4S2/c1-17-8-4-6-10-20(17)28-25(30)16-33-22-13-12-19(14-23(22)32-3)15-24-26(31)29(27(34)35-24)21-11-7-5-9-18(21)2/h4-15H,16H2,1-3H3,(H,28,30)/b24-15-. The molecule has 6 nitrogen and oxygen atoms in total. The molecule has 1 aliphatic rings. The van der Waals surface area contributed by atoms with Gasteiger partial charge in [-0.1, -0.05) is 66.4 Å². The average molecular weight is 505 g/mol. The van der Waals surface area contributed by atoms with Crippen LogP contribution in [0.4, 0.5) is 11.4 Å². The van der Waals surface area contributed by atoms with Crippen molar-refractivity contribution in [2.75, 3.05) is 23.9 Å². The summed E-state index contributed by atoms with van der Waals surface area (Å²) in [5, 5.41) is 2.84. The number of anilines is 2. The van der Waals surface area contributed by atoms with Gasteiger partial charge in [-0.25, -0.2) is 0 Å². The number of thiocarbonyl (C=S) groups is 1. The van der Waals surface area contributed by atoms with E-state index in [-0.39, 0.29) is 18.4 Å². The van der Waals surface area contributed by atoms with E-state index in [0.29, 0.717) is 20.7 Å². The molecule has 1 saturated heterocycles. The van der Waals surface area contributed by atoms with Crippen LogP contribution in [0.5, 0.6) is 11.5 Å². The molecule has 0 spiro atoms. The third-order valence-electron chi connectivity index (χ3n) is 5.41. The summed E-state index contributed by atoms with van der Waals surface area (Å²) >= 11 is 6.74. The highest BCUT2D eigenvalue weighted by Gasteiger charge is 2.34. The third kappa shape index (κ3) is 5.55. The number of rotatable bonds is 7. The first-order chi connectivity index (χ1) is 16.9. The lowest BCUT2D eigenvalue weighted by Gasteiger charge is -2.16. The number of amides is 2. The Morgan fingerprint density at radius 2 is 1.74 bits per heavy atom. The second-order valence-electron chi connectivity index (χ2n) is 7.87. The van der Waals surface area contributed by atoms with Crippen molar-refractivity contribution in [1.82, 2.24) is 0 Å². The highest BCUT2D eigenvalue weighted by molar-refractivity contribution is 8.27. The molecule has 8 heteroatoms. The molecule has 2 amide bonds. The van der Waals surface area contributed by atoms with Crippen molar-refractivity contribution in [3.05, 3.63) is 88.3 Å². The summed E-state index contributed by atoms with van der Waals surface area (Å²) in [4.78, 5) is 27.5. The van der Waals surface area contributed by atoms with Gasteiger partial charge in [-0.15, -0.1) is 0 Å². The van der Waals surface area contributed by atoms with Crippen LogP contribution in [0.25, 0.3) is 6.08 Å². The summed E-state index contributed by atoms with van der Waals surface area (Å²) in [6.45, 7) is 3.70. The lowest BCUT2D eigenvalue weighted by atomic mass is 10.1. The maximum Gasteiger partial charge on any atom is 0.270 e. The van der Waals surface area contributed by atoms with Crippen LogP contribution >= 0.6 is 24.0 Å². The molecule has 0 radical (unpaired) electrons. The van der Waals surface area contributed by atoms with Crippen LogP contribution in [0.3, 0.4) is 0 Å². The first kappa shape index (κ1) is 24.5. The third-order valence-corrected chi connectivity index (χ3v) is 6.72. The van der Waals surface area contributed by atoms with Crippen molar-refractivity contribution in [3.63, 3.8) is 0 Å². The van der Waals surface area contributed by atoms with Crippen LogP contribution in [0.1, 0.15) is 16.7 Å². The van der Waals surface area contributed by atoms with Crippen LogP contribution in [0, 0.1) is 13.8 Å². The molecule has 178 valence electrons. The van der Waals surface area contributed by atoms with Crippen LogP contribution in [-0.2, 0) is 9.59 Å². The van der Waals surface area contributed by atoms with Gasteiger partial charge >= 0.3 is 0 Å². The van der Waals surface area contributed by atoms with Gasteiger partial charge in [-0.05, 0) is 60.9 Å². The van der Waals surface area contributed by atoms with Gasteiger partial charge in [0.15, 0.2) is 22.4 Å². The van der Waals surface area contributed by atoms with Crippen LogP contribution in [0.2, 0.25) is 0 Å². The van der Waals surface area contributed by atoms with E-state index in [0.717, 1.165) is 28.1 Å². The smallest absolute Gasteiger partial charge is 0.270 e. The number of benzene rings is 3. The normalized spacial score (nSPS) is 14.4. The van der Waals surface area contributed by atoms with Gasteiger partial charge in [0.05, 0.1) is 17.7 Å². The number of ether oxygens (including phenoxy) is 2. The SMILES string of the molecule is COc1cc(/C=C2\SC(=S)N(c3ccccc3C)C2=O)ccc1OCC(=O)Nc1ccccc1C. The Morgan fingerprint density at radius 1 is 1.03 bits per heavy atom. The fraction of sp³-hybridized carbons (Fsp3) is 0.148. The number of para-hydroxylation sites is 2. The number of hydrogen-bond acceptors (Lipinski definition) is 6. The Balaban J connectivity index is 1.47. The summed E-state index contributed by atoms with van der Waals surface area (Å²) in [5.41, 5.74) is 4.22.